The van der Waals surface area contributed by atoms with Crippen LogP contribution in [0.1, 0.15) is 134 Å². The van der Waals surface area contributed by atoms with Crippen LogP contribution in [0.5, 0.6) is 11.5 Å². The lowest BCUT2D eigenvalue weighted by Gasteiger charge is -2.29. The Bertz CT molecular complexity index is 4550. The topological polar surface area (TPSA) is 836 Å². The molecule has 3 aromatic carbocycles. The van der Waals surface area contributed by atoms with Crippen LogP contribution in [0.25, 0.3) is 0 Å². The van der Waals surface area contributed by atoms with Gasteiger partial charge in [-0.25, -0.2) is 4.79 Å². The number of unbranched alkanes of at least 4 members (excludes halogenated alkanes) is 2. The second-order valence-electron chi connectivity index (χ2n) is 32.3. The van der Waals surface area contributed by atoms with Gasteiger partial charge in [0.2, 0.25) is 100 Å². The van der Waals surface area contributed by atoms with Crippen molar-refractivity contribution in [3.8, 4) is 11.5 Å². The van der Waals surface area contributed by atoms with Gasteiger partial charge in [-0.2, -0.15) is 0 Å². The number of primary amides is 1. The predicted molar refractivity (Wildman–Crippen MR) is 471 cm³/mol. The zero-order valence-corrected chi connectivity index (χ0v) is 74.3. The smallest absolute Gasteiger partial charge is 0.328 e. The van der Waals surface area contributed by atoms with Crippen LogP contribution in [0.2, 0.25) is 0 Å². The van der Waals surface area contributed by atoms with Crippen molar-refractivity contribution in [3.63, 3.8) is 0 Å². The van der Waals surface area contributed by atoms with Crippen molar-refractivity contribution in [2.45, 2.75) is 227 Å². The number of carbonyl (C=O) groups excluding carboxylic acids is 17. The Hall–Kier alpha value is -14.3. The number of aliphatic hydroxyl groups excluding tert-OH is 3. The van der Waals surface area contributed by atoms with E-state index in [-0.39, 0.29) is 101 Å². The van der Waals surface area contributed by atoms with E-state index >= 15 is 14.4 Å². The molecule has 1 aliphatic rings. The summed E-state index contributed by atoms with van der Waals surface area (Å²) in [5, 5.41) is 128. The molecule has 15 atom stereocenters. The molecule has 0 bridgehead atoms. The molecule has 50 nitrogen and oxygen atoms in total. The van der Waals surface area contributed by atoms with Crippen molar-refractivity contribution in [3.05, 3.63) is 95.6 Å². The number of carboxylic acids is 3. The molecular weight excluding hydrogens is 1770 g/mol. The Morgan fingerprint density at radius 2 is 0.828 bits per heavy atom. The summed E-state index contributed by atoms with van der Waals surface area (Å²) < 4.78 is 0. The Morgan fingerprint density at radius 1 is 0.433 bits per heavy atom. The van der Waals surface area contributed by atoms with Gasteiger partial charge in [-0.05, 0) is 124 Å². The maximum atomic E-state index is 15.3. The number of benzene rings is 3. The summed E-state index contributed by atoms with van der Waals surface area (Å²) in [6.45, 7) is 1.59. The number of aromatic hydroxyl groups is 2. The number of phenolic OH excluding ortho intramolecular Hbond substituents is 2. The van der Waals surface area contributed by atoms with Crippen LogP contribution < -0.4 is 113 Å². The number of aliphatic carboxylic acids is 3. The van der Waals surface area contributed by atoms with E-state index in [0.717, 1.165) is 0 Å². The summed E-state index contributed by atoms with van der Waals surface area (Å²) in [6.07, 6.45) is -7.27. The number of nitrogens with two attached hydrogens (primary N) is 4. The fourth-order valence-corrected chi connectivity index (χ4v) is 13.4. The first-order valence-corrected chi connectivity index (χ1v) is 43.1. The van der Waals surface area contributed by atoms with E-state index < -0.39 is 298 Å². The highest BCUT2D eigenvalue weighted by molar-refractivity contribution is 6.03. The normalized spacial score (nSPS) is 20.9. The van der Waals surface area contributed by atoms with Gasteiger partial charge < -0.3 is 154 Å². The number of nitrogens with one attached hydrogen (secondary N) is 18. The molecule has 50 heteroatoms. The van der Waals surface area contributed by atoms with E-state index in [1.54, 1.807) is 19.9 Å². The standard InChI is InChI=1S/C84H124N22O28/c1-42(2)31-52-72(122)99-57(76(126)94-49(15-8-10-27-85)69(119)93-50(16-9-11-28-86)70(120)96-55(34-46-20-24-48(111)25-21-46)74(124)95-51(17-12-29-91-84(88)89)71(121)105-62(41-109)83(133)134)36-65(114)90-30-26-64(113)92-53(33-45-18-22-47(110)23-19-45)73(123)97-54(32-44-13-6-5-7-14-44)75(125)100-58(37-66(115)116)77(127)101-59(38-67(117)118)78(128)103-61(40-108)81(131)104-60(39-107)80(130)98-56(35-63(87)112)79(129)106-68(43(3)4)82(132)102-52/h5-7,13-14,18-25,42-43,49-62,68,107-111H,8-12,15-17,26-41,85-86H2,1-4H3,(H2,87,112)(H,90,114)(H,92,113)(H,93,119)(H,94,126)(H,95,124)(H,96,120)(H,97,123)(H,98,130)(H,99,122)(H,100,125)(H,101,127)(H,102,132)(H,103,128)(H,104,131)(H,105,121)(H,106,129)(H,115,116)(H,117,118)(H,133,134)(H4,88,89,91)/t49?,50-,51-,52?,53?,54-,55?,56?,57?,58?,59-,60-,61?,62?,68-/m0/s1. The van der Waals surface area contributed by atoms with Crippen molar-refractivity contribution in [2.24, 2.45) is 34.8 Å². The van der Waals surface area contributed by atoms with Crippen LogP contribution in [-0.4, -0.2) is 302 Å². The number of hydrogen-bond acceptors (Lipinski definition) is 28. The number of phenols is 2. The van der Waals surface area contributed by atoms with Gasteiger partial charge in [-0.1, -0.05) is 82.3 Å². The van der Waals surface area contributed by atoms with E-state index in [1.807, 2.05) is 16.0 Å². The fourth-order valence-electron chi connectivity index (χ4n) is 13.4. The van der Waals surface area contributed by atoms with Gasteiger partial charge in [-0.15, -0.1) is 0 Å². The highest BCUT2D eigenvalue weighted by Crippen LogP contribution is 2.18. The Balaban J connectivity index is 1.93. The van der Waals surface area contributed by atoms with Crippen LogP contribution >= 0.6 is 0 Å². The van der Waals surface area contributed by atoms with Crippen molar-refractivity contribution in [1.82, 2.24) is 90.4 Å². The van der Waals surface area contributed by atoms with Gasteiger partial charge in [-0.3, -0.25) is 96.5 Å². The maximum absolute atomic E-state index is 15.3. The number of amides is 17. The van der Waals surface area contributed by atoms with Crippen molar-refractivity contribution in [1.29, 1.82) is 5.41 Å². The minimum absolute atomic E-state index is 0.0125. The molecule has 134 heavy (non-hydrogen) atoms. The third-order valence-corrected chi connectivity index (χ3v) is 20.5. The van der Waals surface area contributed by atoms with Crippen LogP contribution in [0, 0.1) is 17.2 Å². The minimum Gasteiger partial charge on any atom is -0.508 e. The molecule has 34 N–H and O–H groups in total. The summed E-state index contributed by atoms with van der Waals surface area (Å²) in [6, 6.07) is -10.5. The molecule has 1 saturated heterocycles. The zero-order valence-electron chi connectivity index (χ0n) is 74.3. The predicted octanol–water partition coefficient (Wildman–Crippen LogP) is -9.58. The molecular formula is C84H124N22O28. The molecule has 0 spiro atoms. The molecule has 738 valence electrons. The molecule has 1 fully saturated rings. The molecule has 3 aromatic rings. The van der Waals surface area contributed by atoms with E-state index in [4.69, 9.17) is 28.3 Å². The second kappa shape index (κ2) is 57.8. The SMILES string of the molecule is CC(C)CC1NC(=O)[C@H](C(C)C)NC(=O)C(CC(N)=O)NC(=O)[C@H](CO)NC(=O)C(CO)NC(=O)[C@H](CC(=O)O)NC(=O)C(CC(=O)O)NC(=O)[C@H](Cc2ccccc2)NC(=O)C(Cc2ccc(O)cc2)NC(=O)CCNC(=O)CC(C(=O)NC(CCCCN)C(=O)N[C@@H](CCCCN)C(=O)NC(Cc2ccc(O)cc2)C(=O)N[C@@H](CCCNC(=N)N)C(=O)NC(CO)C(=O)O)NC1=O. The lowest BCUT2D eigenvalue weighted by molar-refractivity contribution is -0.143. The summed E-state index contributed by atoms with van der Waals surface area (Å²) in [4.78, 5) is 281. The lowest BCUT2D eigenvalue weighted by atomic mass is 9.99. The van der Waals surface area contributed by atoms with E-state index in [0.29, 0.717) is 11.1 Å². The number of hydrogen-bond donors (Lipinski definition) is 30. The fraction of sp³-hybridized carbons (Fsp3) is 0.536. The van der Waals surface area contributed by atoms with Crippen molar-refractivity contribution < 1.29 is 137 Å². The molecule has 4 rings (SSSR count). The molecule has 0 aliphatic carbocycles. The first kappa shape index (κ1) is 112. The molecule has 1 aliphatic heterocycles. The zero-order chi connectivity index (χ0) is 100. The van der Waals surface area contributed by atoms with Crippen LogP contribution in [-0.2, 0) is 115 Å². The van der Waals surface area contributed by atoms with Crippen molar-refractivity contribution in [2.75, 3.05) is 46.0 Å². The molecule has 17 amide bonds. The molecule has 0 aromatic heterocycles. The van der Waals surface area contributed by atoms with Crippen LogP contribution in [0.4, 0.5) is 0 Å². The molecule has 1 heterocycles. The summed E-state index contributed by atoms with van der Waals surface area (Å²) >= 11 is 0. The first-order chi connectivity index (χ1) is 63.4. The quantitative estimate of drug-likeness (QED) is 0.0142. The summed E-state index contributed by atoms with van der Waals surface area (Å²) in [7, 11) is 0. The van der Waals surface area contributed by atoms with Gasteiger partial charge in [0.1, 0.15) is 102 Å². The van der Waals surface area contributed by atoms with Gasteiger partial charge in [0.25, 0.3) is 0 Å². The number of carbonyl (C=O) groups is 20. The number of aliphatic hydroxyl groups is 3. The Labute approximate surface area is 769 Å². The van der Waals surface area contributed by atoms with Crippen LogP contribution in [0.3, 0.4) is 0 Å². The van der Waals surface area contributed by atoms with Gasteiger partial charge in [0, 0.05) is 38.8 Å². The molecule has 9 unspecified atom stereocenters. The Kier molecular flexibility index (Phi) is 48.3. The third kappa shape index (κ3) is 40.6. The third-order valence-electron chi connectivity index (χ3n) is 20.5. The highest BCUT2D eigenvalue weighted by Gasteiger charge is 2.41. The van der Waals surface area contributed by atoms with Crippen molar-refractivity contribution >= 4 is 124 Å². The van der Waals surface area contributed by atoms with Gasteiger partial charge in [0.15, 0.2) is 5.96 Å². The van der Waals surface area contributed by atoms with E-state index in [1.165, 1.54) is 86.6 Å². The molecule has 0 saturated carbocycles. The second-order valence-corrected chi connectivity index (χ2v) is 32.3. The monoisotopic (exact) mass is 1890 g/mol. The number of rotatable bonds is 41. The minimum atomic E-state index is -2.29. The van der Waals surface area contributed by atoms with E-state index in [2.05, 4.69) is 74.4 Å². The highest BCUT2D eigenvalue weighted by atomic mass is 16.4. The van der Waals surface area contributed by atoms with Gasteiger partial charge in [0.05, 0.1) is 45.5 Å². The lowest BCUT2D eigenvalue weighted by Crippen LogP contribution is -2.62. The average Bonchev–Trinajstić information content (AvgIpc) is 0.845. The summed E-state index contributed by atoms with van der Waals surface area (Å²) in [5.41, 5.74) is 23.6. The first-order valence-electron chi connectivity index (χ1n) is 43.1. The Morgan fingerprint density at radius 3 is 1.28 bits per heavy atom. The van der Waals surface area contributed by atoms with E-state index in [9.17, 15) is 122 Å². The largest absolute Gasteiger partial charge is 0.508 e. The number of guanidine groups is 1. The average molecular weight is 1890 g/mol. The molecule has 0 radical (unpaired) electrons. The maximum Gasteiger partial charge on any atom is 0.328 e. The number of carboxylic acid groups (broad SMARTS) is 3. The summed E-state index contributed by atoms with van der Waals surface area (Å²) in [5.74, 6) is -29.0. The van der Waals surface area contributed by atoms with Crippen LogP contribution in [0.15, 0.2) is 78.9 Å². The van der Waals surface area contributed by atoms with Gasteiger partial charge >= 0.3 is 17.9 Å².